The van der Waals surface area contributed by atoms with Gasteiger partial charge in [0, 0.05) is 12.5 Å². The number of hydrogen-bond donors (Lipinski definition) is 2. The van der Waals surface area contributed by atoms with Crippen molar-refractivity contribution >= 4 is 50.2 Å². The van der Waals surface area contributed by atoms with Gasteiger partial charge in [-0.2, -0.15) is 0 Å². The zero-order chi connectivity index (χ0) is 13.2. The summed E-state index contributed by atoms with van der Waals surface area (Å²) >= 11 is 11.6. The van der Waals surface area contributed by atoms with Crippen molar-refractivity contribution in [3.8, 4) is 0 Å². The van der Waals surface area contributed by atoms with Crippen LogP contribution < -0.4 is 10.5 Å². The van der Waals surface area contributed by atoms with Gasteiger partial charge in [0.2, 0.25) is 10.0 Å². The summed E-state index contributed by atoms with van der Waals surface area (Å²) in [6.45, 7) is 3.47. The summed E-state index contributed by atoms with van der Waals surface area (Å²) in [4.78, 5) is 0.278. The SMILES string of the molecule is Cc1cc(S(=O)(=O)NC(C)CC(N)=S)sc1Cl. The second kappa shape index (κ2) is 5.62. The van der Waals surface area contributed by atoms with Crippen molar-refractivity contribution in [2.45, 2.75) is 30.5 Å². The maximum atomic E-state index is 11.9. The number of nitrogens with one attached hydrogen (secondary N) is 1. The molecule has 0 saturated heterocycles. The molecule has 8 heteroatoms. The molecule has 96 valence electrons. The highest BCUT2D eigenvalue weighted by molar-refractivity contribution is 7.91. The molecule has 1 aromatic heterocycles. The van der Waals surface area contributed by atoms with Crippen LogP contribution in [0.1, 0.15) is 18.9 Å². The molecule has 1 unspecified atom stereocenters. The first-order chi connectivity index (χ1) is 7.72. The van der Waals surface area contributed by atoms with E-state index in [1.807, 2.05) is 0 Å². The van der Waals surface area contributed by atoms with Gasteiger partial charge in [0.1, 0.15) is 4.21 Å². The Hall–Kier alpha value is -0.210. The average Bonchev–Trinajstić information content (AvgIpc) is 2.44. The van der Waals surface area contributed by atoms with Crippen LogP contribution in [-0.2, 0) is 10.0 Å². The van der Waals surface area contributed by atoms with E-state index in [-0.39, 0.29) is 15.2 Å². The van der Waals surface area contributed by atoms with Gasteiger partial charge in [-0.15, -0.1) is 11.3 Å². The summed E-state index contributed by atoms with van der Waals surface area (Å²) in [5, 5.41) is 0. The fourth-order valence-corrected chi connectivity index (χ4v) is 4.45. The minimum absolute atomic E-state index is 0.204. The highest BCUT2D eigenvalue weighted by Gasteiger charge is 2.20. The van der Waals surface area contributed by atoms with E-state index in [1.165, 1.54) is 0 Å². The highest BCUT2D eigenvalue weighted by atomic mass is 35.5. The smallest absolute Gasteiger partial charge is 0.250 e. The van der Waals surface area contributed by atoms with Crippen LogP contribution in [0.2, 0.25) is 4.34 Å². The van der Waals surface area contributed by atoms with Crippen LogP contribution in [0.25, 0.3) is 0 Å². The number of rotatable bonds is 5. The van der Waals surface area contributed by atoms with Crippen molar-refractivity contribution in [2.24, 2.45) is 5.73 Å². The molecule has 0 bridgehead atoms. The van der Waals surface area contributed by atoms with E-state index >= 15 is 0 Å². The molecule has 0 aliphatic heterocycles. The first kappa shape index (κ1) is 14.8. The van der Waals surface area contributed by atoms with E-state index in [9.17, 15) is 8.42 Å². The van der Waals surface area contributed by atoms with E-state index in [1.54, 1.807) is 19.9 Å². The van der Waals surface area contributed by atoms with Crippen LogP contribution in [0.4, 0.5) is 0 Å². The molecule has 0 radical (unpaired) electrons. The molecule has 1 aromatic rings. The lowest BCUT2D eigenvalue weighted by Gasteiger charge is -2.12. The van der Waals surface area contributed by atoms with Gasteiger partial charge in [0.15, 0.2) is 0 Å². The lowest BCUT2D eigenvalue weighted by molar-refractivity contribution is 0.567. The molecule has 0 saturated carbocycles. The summed E-state index contributed by atoms with van der Waals surface area (Å²) < 4.78 is 27.1. The lowest BCUT2D eigenvalue weighted by atomic mass is 10.3. The van der Waals surface area contributed by atoms with Gasteiger partial charge in [0.25, 0.3) is 0 Å². The van der Waals surface area contributed by atoms with E-state index in [4.69, 9.17) is 29.6 Å². The third-order valence-corrected chi connectivity index (χ3v) is 5.75. The molecular weight excluding hydrogens is 300 g/mol. The molecule has 1 atom stereocenters. The van der Waals surface area contributed by atoms with Crippen molar-refractivity contribution < 1.29 is 8.42 Å². The van der Waals surface area contributed by atoms with Crippen LogP contribution in [0, 0.1) is 6.92 Å². The van der Waals surface area contributed by atoms with Gasteiger partial charge in [0.05, 0.1) is 9.32 Å². The number of halogens is 1. The minimum atomic E-state index is -3.54. The minimum Gasteiger partial charge on any atom is -0.393 e. The number of hydrogen-bond acceptors (Lipinski definition) is 4. The summed E-state index contributed by atoms with van der Waals surface area (Å²) in [6.07, 6.45) is 0.326. The van der Waals surface area contributed by atoms with Gasteiger partial charge < -0.3 is 5.73 Å². The summed E-state index contributed by atoms with van der Waals surface area (Å²) in [5.41, 5.74) is 6.11. The van der Waals surface area contributed by atoms with Crippen LogP contribution in [-0.4, -0.2) is 19.4 Å². The zero-order valence-electron chi connectivity index (χ0n) is 9.36. The van der Waals surface area contributed by atoms with E-state index in [0.717, 1.165) is 16.9 Å². The van der Waals surface area contributed by atoms with E-state index < -0.39 is 10.0 Å². The molecule has 3 N–H and O–H groups in total. The van der Waals surface area contributed by atoms with Gasteiger partial charge in [-0.1, -0.05) is 23.8 Å². The molecule has 0 aromatic carbocycles. The number of thiocarbonyl (C=S) groups is 1. The molecule has 1 rings (SSSR count). The molecule has 0 spiro atoms. The Morgan fingerprint density at radius 3 is 2.71 bits per heavy atom. The van der Waals surface area contributed by atoms with E-state index in [2.05, 4.69) is 4.72 Å². The molecule has 0 aliphatic rings. The van der Waals surface area contributed by atoms with Crippen molar-refractivity contribution in [3.05, 3.63) is 16.0 Å². The van der Waals surface area contributed by atoms with E-state index in [0.29, 0.717) is 10.8 Å². The number of nitrogens with two attached hydrogens (primary N) is 1. The average molecular weight is 313 g/mol. The quantitative estimate of drug-likeness (QED) is 0.816. The summed E-state index contributed by atoms with van der Waals surface area (Å²) in [7, 11) is -3.54. The standard InChI is InChI=1S/C9H13ClN2O2S3/c1-5-3-8(16-9(5)10)17(13,14)12-6(2)4-7(11)15/h3,6,12H,4H2,1-2H3,(H2,11,15). The van der Waals surface area contributed by atoms with Crippen LogP contribution >= 0.6 is 35.2 Å². The first-order valence-electron chi connectivity index (χ1n) is 4.79. The van der Waals surface area contributed by atoms with Gasteiger partial charge >= 0.3 is 0 Å². The first-order valence-corrected chi connectivity index (χ1v) is 7.87. The third kappa shape index (κ3) is 4.18. The number of aryl methyl sites for hydroxylation is 1. The van der Waals surface area contributed by atoms with Crippen molar-refractivity contribution in [1.29, 1.82) is 0 Å². The molecule has 17 heavy (non-hydrogen) atoms. The van der Waals surface area contributed by atoms with Gasteiger partial charge in [-0.25, -0.2) is 13.1 Å². The molecule has 4 nitrogen and oxygen atoms in total. The number of thiophene rings is 1. The Bertz CT molecular complexity index is 505. The lowest BCUT2D eigenvalue weighted by Crippen LogP contribution is -2.34. The molecule has 0 fully saturated rings. The zero-order valence-corrected chi connectivity index (χ0v) is 12.6. The molecular formula is C9H13ClN2O2S3. The largest absolute Gasteiger partial charge is 0.393 e. The molecule has 0 aliphatic carbocycles. The van der Waals surface area contributed by atoms with Crippen molar-refractivity contribution in [2.75, 3.05) is 0 Å². The Morgan fingerprint density at radius 2 is 2.29 bits per heavy atom. The summed E-state index contributed by atoms with van der Waals surface area (Å²) in [6, 6.07) is 1.21. The summed E-state index contributed by atoms with van der Waals surface area (Å²) in [5.74, 6) is 0. The predicted molar refractivity (Wildman–Crippen MR) is 75.3 cm³/mol. The fourth-order valence-electron chi connectivity index (χ4n) is 1.23. The third-order valence-electron chi connectivity index (χ3n) is 1.96. The molecule has 1 heterocycles. The molecule has 0 amide bonds. The Kier molecular flexibility index (Phi) is 4.91. The van der Waals surface area contributed by atoms with Crippen LogP contribution in [0.3, 0.4) is 0 Å². The van der Waals surface area contributed by atoms with Gasteiger partial charge in [-0.3, -0.25) is 0 Å². The van der Waals surface area contributed by atoms with Crippen molar-refractivity contribution in [3.63, 3.8) is 0 Å². The Labute approximate surface area is 115 Å². The second-order valence-electron chi connectivity index (χ2n) is 3.71. The van der Waals surface area contributed by atoms with Crippen LogP contribution in [0.15, 0.2) is 10.3 Å². The Balaban J connectivity index is 2.85. The monoisotopic (exact) mass is 312 g/mol. The maximum Gasteiger partial charge on any atom is 0.250 e. The maximum absolute atomic E-state index is 11.9. The predicted octanol–water partition coefficient (Wildman–Crippen LogP) is 2.05. The van der Waals surface area contributed by atoms with Crippen molar-refractivity contribution in [1.82, 2.24) is 4.72 Å². The van der Waals surface area contributed by atoms with Crippen LogP contribution in [0.5, 0.6) is 0 Å². The Morgan fingerprint density at radius 1 is 1.71 bits per heavy atom. The number of sulfonamides is 1. The second-order valence-corrected chi connectivity index (χ2v) is 7.83. The topological polar surface area (TPSA) is 72.2 Å². The van der Waals surface area contributed by atoms with Gasteiger partial charge in [-0.05, 0) is 25.5 Å². The normalized spacial score (nSPS) is 13.6. The fraction of sp³-hybridized carbons (Fsp3) is 0.444. The highest BCUT2D eigenvalue weighted by Crippen LogP contribution is 2.30.